The fraction of sp³-hybridized carbons (Fsp3) is 0.435. The maximum atomic E-state index is 12.5. The molecule has 2 heterocycles. The number of ether oxygens (including phenoxy) is 2. The molecule has 4 rings (SSSR count). The van der Waals surface area contributed by atoms with Gasteiger partial charge in [0.2, 0.25) is 5.91 Å². The Morgan fingerprint density at radius 3 is 2.72 bits per heavy atom. The summed E-state index contributed by atoms with van der Waals surface area (Å²) in [5, 5.41) is 12.8. The minimum atomic E-state index is -0.434. The molecular weight excluding hydrogens is 368 g/mol. The molecule has 2 N–H and O–H groups in total. The number of carbonyl (C=O) groups excluding carboxylic acids is 1. The number of benzene rings is 2. The van der Waals surface area contributed by atoms with Crippen molar-refractivity contribution in [3.8, 4) is 5.75 Å². The van der Waals surface area contributed by atoms with E-state index in [0.29, 0.717) is 13.0 Å². The van der Waals surface area contributed by atoms with E-state index in [0.717, 1.165) is 22.6 Å². The average molecular weight is 396 g/mol. The van der Waals surface area contributed by atoms with E-state index in [1.807, 2.05) is 56.6 Å². The summed E-state index contributed by atoms with van der Waals surface area (Å²) < 4.78 is 12.1. The first kappa shape index (κ1) is 19.7. The number of aliphatic hydroxyl groups excluding tert-OH is 1. The van der Waals surface area contributed by atoms with Crippen molar-refractivity contribution in [2.45, 2.75) is 43.6 Å². The van der Waals surface area contributed by atoms with E-state index in [1.165, 1.54) is 0 Å². The minimum absolute atomic E-state index is 0.0461. The third kappa shape index (κ3) is 4.23. The molecule has 0 saturated carbocycles. The van der Waals surface area contributed by atoms with Gasteiger partial charge in [0, 0.05) is 37.8 Å². The molecule has 6 nitrogen and oxygen atoms in total. The quantitative estimate of drug-likeness (QED) is 0.785. The monoisotopic (exact) mass is 396 g/mol. The molecule has 1 fully saturated rings. The van der Waals surface area contributed by atoms with Crippen LogP contribution in [-0.2, 0) is 16.1 Å². The third-order valence-corrected chi connectivity index (χ3v) is 5.74. The molecule has 0 aliphatic carbocycles. The Bertz CT molecular complexity index is 855. The van der Waals surface area contributed by atoms with Gasteiger partial charge in [0.1, 0.15) is 18.0 Å². The molecule has 0 radical (unpaired) electrons. The van der Waals surface area contributed by atoms with Gasteiger partial charge in [0.25, 0.3) is 0 Å². The van der Waals surface area contributed by atoms with Crippen LogP contribution in [0.5, 0.6) is 5.75 Å². The van der Waals surface area contributed by atoms with E-state index in [1.54, 1.807) is 0 Å². The molecule has 4 atom stereocenters. The zero-order valence-corrected chi connectivity index (χ0v) is 16.9. The Kier molecular flexibility index (Phi) is 5.74. The van der Waals surface area contributed by atoms with Crippen LogP contribution < -0.4 is 15.0 Å². The van der Waals surface area contributed by atoms with Crippen molar-refractivity contribution in [2.24, 2.45) is 0 Å². The maximum absolute atomic E-state index is 12.5. The molecule has 0 spiro atoms. The first-order valence-electron chi connectivity index (χ1n) is 10.1. The maximum Gasteiger partial charge on any atom is 0.222 e. The topological polar surface area (TPSA) is 71.0 Å². The number of carbonyl (C=O) groups is 1. The SMILES string of the molecule is CN(C)c1ccc2c(c1)[C@@H]1C[C@@H](CC(=O)NCc3ccccc3)O[C@H](CO)[C@@H]1O2. The Balaban J connectivity index is 1.44. The number of rotatable bonds is 6. The van der Waals surface area contributed by atoms with Gasteiger partial charge < -0.3 is 24.8 Å². The summed E-state index contributed by atoms with van der Waals surface area (Å²) in [5.74, 6) is 0.916. The van der Waals surface area contributed by atoms with Crippen LogP contribution in [0.2, 0.25) is 0 Å². The van der Waals surface area contributed by atoms with Gasteiger partial charge >= 0.3 is 0 Å². The van der Waals surface area contributed by atoms with Crippen LogP contribution in [-0.4, -0.2) is 50.0 Å². The number of fused-ring (bicyclic) bond motifs is 3. The lowest BCUT2D eigenvalue weighted by atomic mass is 9.84. The van der Waals surface area contributed by atoms with E-state index in [4.69, 9.17) is 9.47 Å². The first-order chi connectivity index (χ1) is 14.0. The second-order valence-corrected chi connectivity index (χ2v) is 7.99. The molecule has 0 unspecified atom stereocenters. The van der Waals surface area contributed by atoms with Crippen molar-refractivity contribution >= 4 is 11.6 Å². The number of aliphatic hydroxyl groups is 1. The van der Waals surface area contributed by atoms with Crippen LogP contribution in [0.15, 0.2) is 48.5 Å². The van der Waals surface area contributed by atoms with Crippen LogP contribution >= 0.6 is 0 Å². The summed E-state index contributed by atoms with van der Waals surface area (Å²) in [7, 11) is 4.02. The molecule has 154 valence electrons. The fourth-order valence-corrected chi connectivity index (χ4v) is 4.23. The predicted molar refractivity (Wildman–Crippen MR) is 111 cm³/mol. The van der Waals surface area contributed by atoms with Crippen LogP contribution in [0.3, 0.4) is 0 Å². The zero-order chi connectivity index (χ0) is 20.4. The molecule has 0 aromatic heterocycles. The van der Waals surface area contributed by atoms with E-state index in [2.05, 4.69) is 16.3 Å². The van der Waals surface area contributed by atoms with Crippen LogP contribution in [0, 0.1) is 0 Å². The number of hydrogen-bond acceptors (Lipinski definition) is 5. The molecule has 2 aromatic rings. The minimum Gasteiger partial charge on any atom is -0.487 e. The highest BCUT2D eigenvalue weighted by Gasteiger charge is 2.46. The van der Waals surface area contributed by atoms with Gasteiger partial charge in [-0.2, -0.15) is 0 Å². The molecule has 0 bridgehead atoms. The third-order valence-electron chi connectivity index (χ3n) is 5.74. The standard InChI is InChI=1S/C23H28N2O4/c1-25(2)16-8-9-20-18(10-16)19-11-17(28-21(14-26)23(19)29-20)12-22(27)24-13-15-6-4-3-5-7-15/h3-10,17,19,21,23,26H,11-14H2,1-2H3,(H,24,27)/t17-,19-,21+,23+/m0/s1. The summed E-state index contributed by atoms with van der Waals surface area (Å²) >= 11 is 0. The van der Waals surface area contributed by atoms with Crippen molar-refractivity contribution in [1.82, 2.24) is 5.32 Å². The van der Waals surface area contributed by atoms with Crippen LogP contribution in [0.1, 0.15) is 29.9 Å². The van der Waals surface area contributed by atoms with E-state index >= 15 is 0 Å². The lowest BCUT2D eigenvalue weighted by Gasteiger charge is -2.37. The smallest absolute Gasteiger partial charge is 0.222 e. The molecule has 6 heteroatoms. The summed E-state index contributed by atoms with van der Waals surface area (Å²) in [6, 6.07) is 16.0. The Morgan fingerprint density at radius 2 is 2.00 bits per heavy atom. The molecule has 1 amide bonds. The van der Waals surface area contributed by atoms with Gasteiger partial charge in [0.15, 0.2) is 0 Å². The number of amides is 1. The fourth-order valence-electron chi connectivity index (χ4n) is 4.23. The lowest BCUT2D eigenvalue weighted by molar-refractivity contribution is -0.142. The highest BCUT2D eigenvalue weighted by molar-refractivity contribution is 5.76. The average Bonchev–Trinajstić information content (AvgIpc) is 3.10. The number of anilines is 1. The van der Waals surface area contributed by atoms with Gasteiger partial charge in [-0.15, -0.1) is 0 Å². The van der Waals surface area contributed by atoms with Gasteiger partial charge in [-0.3, -0.25) is 4.79 Å². The van der Waals surface area contributed by atoms with Crippen LogP contribution in [0.25, 0.3) is 0 Å². The Labute approximate surface area is 171 Å². The first-order valence-corrected chi connectivity index (χ1v) is 10.1. The van der Waals surface area contributed by atoms with Crippen molar-refractivity contribution in [3.05, 3.63) is 59.7 Å². The number of nitrogens with zero attached hydrogens (tertiary/aromatic N) is 1. The highest BCUT2D eigenvalue weighted by Crippen LogP contribution is 2.47. The predicted octanol–water partition coefficient (Wildman–Crippen LogP) is 2.45. The summed E-state index contributed by atoms with van der Waals surface area (Å²) in [5.41, 5.74) is 3.31. The summed E-state index contributed by atoms with van der Waals surface area (Å²) in [4.78, 5) is 14.5. The summed E-state index contributed by atoms with van der Waals surface area (Å²) in [6.45, 7) is 0.373. The molecule has 2 aromatic carbocycles. The van der Waals surface area contributed by atoms with Crippen molar-refractivity contribution in [1.29, 1.82) is 0 Å². The molecular formula is C23H28N2O4. The normalized spacial score (nSPS) is 24.9. The molecule has 2 aliphatic rings. The molecule has 1 saturated heterocycles. The second kappa shape index (κ2) is 8.43. The zero-order valence-electron chi connectivity index (χ0n) is 16.9. The highest BCUT2D eigenvalue weighted by atomic mass is 16.6. The number of nitrogens with one attached hydrogen (secondary N) is 1. The molecule has 29 heavy (non-hydrogen) atoms. The second-order valence-electron chi connectivity index (χ2n) is 7.99. The van der Waals surface area contributed by atoms with E-state index in [9.17, 15) is 9.90 Å². The van der Waals surface area contributed by atoms with Gasteiger partial charge in [-0.1, -0.05) is 30.3 Å². The van der Waals surface area contributed by atoms with Gasteiger partial charge in [-0.25, -0.2) is 0 Å². The van der Waals surface area contributed by atoms with Crippen molar-refractivity contribution in [3.63, 3.8) is 0 Å². The Morgan fingerprint density at radius 1 is 1.21 bits per heavy atom. The van der Waals surface area contributed by atoms with E-state index in [-0.39, 0.29) is 37.1 Å². The summed E-state index contributed by atoms with van der Waals surface area (Å²) in [6.07, 6.45) is 0.0765. The van der Waals surface area contributed by atoms with Crippen molar-refractivity contribution in [2.75, 3.05) is 25.6 Å². The van der Waals surface area contributed by atoms with Gasteiger partial charge in [-0.05, 0) is 30.2 Å². The van der Waals surface area contributed by atoms with Gasteiger partial charge in [0.05, 0.1) is 19.1 Å². The largest absolute Gasteiger partial charge is 0.487 e. The van der Waals surface area contributed by atoms with Crippen LogP contribution in [0.4, 0.5) is 5.69 Å². The van der Waals surface area contributed by atoms with Crippen molar-refractivity contribution < 1.29 is 19.4 Å². The van der Waals surface area contributed by atoms with E-state index < -0.39 is 6.10 Å². The Hall–Kier alpha value is -2.57. The lowest BCUT2D eigenvalue weighted by Crippen LogP contribution is -2.47. The molecule has 2 aliphatic heterocycles. The number of hydrogen-bond donors (Lipinski definition) is 2.